The Morgan fingerprint density at radius 3 is 2.35 bits per heavy atom. The molecule has 0 aliphatic carbocycles. The number of rotatable bonds is 9. The number of carbonyl (C=O) groups excluding carboxylic acids is 1. The van der Waals surface area contributed by atoms with Crippen molar-refractivity contribution >= 4 is 17.5 Å². The van der Waals surface area contributed by atoms with E-state index in [1.807, 2.05) is 54.6 Å². The largest absolute Gasteiger partial charge is 0.497 e. The molecule has 3 aromatic carbocycles. The molecular formula is C26H28ClNO3. The first kappa shape index (κ1) is 22.7. The second-order valence-electron chi connectivity index (χ2n) is 7.84. The van der Waals surface area contributed by atoms with Gasteiger partial charge in [-0.25, -0.2) is 0 Å². The molecule has 0 radical (unpaired) electrons. The summed E-state index contributed by atoms with van der Waals surface area (Å²) < 4.78 is 11.2. The molecule has 0 bridgehead atoms. The summed E-state index contributed by atoms with van der Waals surface area (Å²) in [5, 5.41) is 3.65. The van der Waals surface area contributed by atoms with Crippen molar-refractivity contribution in [3.8, 4) is 11.5 Å². The fourth-order valence-electron chi connectivity index (χ4n) is 3.36. The van der Waals surface area contributed by atoms with Crippen LogP contribution in [-0.2, 0) is 6.61 Å². The summed E-state index contributed by atoms with van der Waals surface area (Å²) in [5.41, 5.74) is 2.47. The summed E-state index contributed by atoms with van der Waals surface area (Å²) in [4.78, 5) is 13.2. The Morgan fingerprint density at radius 1 is 1.00 bits per heavy atom. The van der Waals surface area contributed by atoms with Crippen LogP contribution in [0.5, 0.6) is 11.5 Å². The van der Waals surface area contributed by atoms with E-state index < -0.39 is 0 Å². The summed E-state index contributed by atoms with van der Waals surface area (Å²) in [7, 11) is 1.64. The number of benzene rings is 3. The lowest BCUT2D eigenvalue weighted by Crippen LogP contribution is -2.30. The minimum absolute atomic E-state index is 0.139. The van der Waals surface area contributed by atoms with Gasteiger partial charge in [0, 0.05) is 5.02 Å². The number of methoxy groups -OCH3 is 1. The van der Waals surface area contributed by atoms with Crippen LogP contribution in [0.3, 0.4) is 0 Å². The Kier molecular flexibility index (Phi) is 7.96. The molecule has 0 heterocycles. The van der Waals surface area contributed by atoms with Crippen LogP contribution in [0.4, 0.5) is 0 Å². The second-order valence-corrected chi connectivity index (χ2v) is 8.28. The van der Waals surface area contributed by atoms with Crippen LogP contribution in [0.1, 0.15) is 47.8 Å². The summed E-state index contributed by atoms with van der Waals surface area (Å²) in [6.45, 7) is 4.64. The van der Waals surface area contributed by atoms with Gasteiger partial charge < -0.3 is 14.8 Å². The van der Waals surface area contributed by atoms with Gasteiger partial charge in [0.2, 0.25) is 0 Å². The van der Waals surface area contributed by atoms with E-state index >= 15 is 0 Å². The maximum atomic E-state index is 13.2. The van der Waals surface area contributed by atoms with Crippen molar-refractivity contribution < 1.29 is 14.3 Å². The predicted octanol–water partition coefficient (Wildman–Crippen LogP) is 6.44. The molecule has 0 aliphatic heterocycles. The minimum Gasteiger partial charge on any atom is -0.497 e. The third-order valence-electron chi connectivity index (χ3n) is 4.95. The number of nitrogens with one attached hydrogen (secondary N) is 1. The van der Waals surface area contributed by atoms with Gasteiger partial charge >= 0.3 is 0 Å². The van der Waals surface area contributed by atoms with Gasteiger partial charge in [0.1, 0.15) is 18.1 Å². The molecule has 3 rings (SSSR count). The van der Waals surface area contributed by atoms with Crippen molar-refractivity contribution in [1.82, 2.24) is 5.32 Å². The van der Waals surface area contributed by atoms with Crippen LogP contribution < -0.4 is 14.8 Å². The molecule has 0 fully saturated rings. The highest BCUT2D eigenvalue weighted by molar-refractivity contribution is 6.31. The summed E-state index contributed by atoms with van der Waals surface area (Å²) in [6, 6.07) is 22.6. The number of halogens is 1. The average molecular weight is 438 g/mol. The molecule has 0 aliphatic rings. The highest BCUT2D eigenvalue weighted by Gasteiger charge is 2.20. The maximum absolute atomic E-state index is 13.2. The normalized spacial score (nSPS) is 11.8. The van der Waals surface area contributed by atoms with Crippen molar-refractivity contribution in [2.75, 3.05) is 7.11 Å². The molecule has 31 heavy (non-hydrogen) atoms. The molecule has 0 aromatic heterocycles. The lowest BCUT2D eigenvalue weighted by molar-refractivity contribution is 0.0927. The molecular weight excluding hydrogens is 410 g/mol. The highest BCUT2D eigenvalue weighted by Crippen LogP contribution is 2.27. The molecule has 0 saturated carbocycles. The van der Waals surface area contributed by atoms with Crippen LogP contribution in [0.2, 0.25) is 5.02 Å². The molecule has 1 atom stereocenters. The van der Waals surface area contributed by atoms with Gasteiger partial charge in [-0.05, 0) is 53.8 Å². The average Bonchev–Trinajstić information content (AvgIpc) is 2.78. The van der Waals surface area contributed by atoms with Gasteiger partial charge in [0.05, 0.1) is 18.7 Å². The van der Waals surface area contributed by atoms with E-state index in [1.54, 1.807) is 25.3 Å². The molecule has 0 unspecified atom stereocenters. The monoisotopic (exact) mass is 437 g/mol. The van der Waals surface area contributed by atoms with E-state index in [9.17, 15) is 4.79 Å². The number of hydrogen-bond donors (Lipinski definition) is 1. The maximum Gasteiger partial charge on any atom is 0.255 e. The molecule has 1 N–H and O–H groups in total. The lowest BCUT2D eigenvalue weighted by atomic mass is 9.96. The molecule has 3 aromatic rings. The van der Waals surface area contributed by atoms with Crippen LogP contribution in [0, 0.1) is 5.92 Å². The van der Waals surface area contributed by atoms with Crippen LogP contribution in [0.25, 0.3) is 0 Å². The van der Waals surface area contributed by atoms with Crippen LogP contribution in [-0.4, -0.2) is 13.0 Å². The molecule has 5 heteroatoms. The number of ether oxygens (including phenoxy) is 2. The highest BCUT2D eigenvalue weighted by atomic mass is 35.5. The Balaban J connectivity index is 1.81. The van der Waals surface area contributed by atoms with Crippen molar-refractivity contribution in [3.05, 3.63) is 94.5 Å². The molecule has 0 spiro atoms. The van der Waals surface area contributed by atoms with E-state index in [4.69, 9.17) is 21.1 Å². The fourth-order valence-corrected chi connectivity index (χ4v) is 3.53. The van der Waals surface area contributed by atoms with Gasteiger partial charge in [-0.1, -0.05) is 67.9 Å². The Hall–Kier alpha value is -2.98. The first-order valence-corrected chi connectivity index (χ1v) is 10.7. The smallest absolute Gasteiger partial charge is 0.255 e. The predicted molar refractivity (Wildman–Crippen MR) is 125 cm³/mol. The Bertz CT molecular complexity index is 987. The fraction of sp³-hybridized carbons (Fsp3) is 0.269. The van der Waals surface area contributed by atoms with E-state index in [-0.39, 0.29) is 11.9 Å². The van der Waals surface area contributed by atoms with E-state index in [0.29, 0.717) is 28.9 Å². The molecule has 4 nitrogen and oxygen atoms in total. The van der Waals surface area contributed by atoms with Crippen LogP contribution >= 0.6 is 11.6 Å². The van der Waals surface area contributed by atoms with Gasteiger partial charge in [0.25, 0.3) is 5.91 Å². The first-order chi connectivity index (χ1) is 15.0. The topological polar surface area (TPSA) is 47.6 Å². The van der Waals surface area contributed by atoms with Crippen molar-refractivity contribution in [2.24, 2.45) is 5.92 Å². The molecule has 0 saturated heterocycles. The third kappa shape index (κ3) is 6.50. The summed E-state index contributed by atoms with van der Waals surface area (Å²) >= 11 is 6.20. The summed E-state index contributed by atoms with van der Waals surface area (Å²) in [6.07, 6.45) is 0.804. The number of carbonyl (C=O) groups is 1. The minimum atomic E-state index is -0.216. The number of amides is 1. The van der Waals surface area contributed by atoms with Crippen LogP contribution in [0.15, 0.2) is 72.8 Å². The third-order valence-corrected chi connectivity index (χ3v) is 5.19. The number of hydrogen-bond acceptors (Lipinski definition) is 3. The van der Waals surface area contributed by atoms with E-state index in [0.717, 1.165) is 23.3 Å². The standard InChI is InChI=1S/C26H28ClNO3/c1-18(2)15-24(20-9-12-22(30-3)13-10-20)28-26(29)23-16-21(27)11-14-25(23)31-17-19-7-5-4-6-8-19/h4-14,16,18,24H,15,17H2,1-3H3,(H,28,29)/t24-/m1/s1. The lowest BCUT2D eigenvalue weighted by Gasteiger charge is -2.22. The zero-order chi connectivity index (χ0) is 22.2. The van der Waals surface area contributed by atoms with Crippen molar-refractivity contribution in [1.29, 1.82) is 0 Å². The quantitative estimate of drug-likeness (QED) is 0.418. The van der Waals surface area contributed by atoms with Crippen molar-refractivity contribution in [3.63, 3.8) is 0 Å². The van der Waals surface area contributed by atoms with Gasteiger partial charge in [-0.15, -0.1) is 0 Å². The Morgan fingerprint density at radius 2 is 1.71 bits per heavy atom. The molecule has 1 amide bonds. The van der Waals surface area contributed by atoms with Gasteiger partial charge in [0.15, 0.2) is 0 Å². The zero-order valence-corrected chi connectivity index (χ0v) is 18.9. The van der Waals surface area contributed by atoms with Gasteiger partial charge in [-0.3, -0.25) is 4.79 Å². The van der Waals surface area contributed by atoms with E-state index in [2.05, 4.69) is 19.2 Å². The van der Waals surface area contributed by atoms with E-state index in [1.165, 1.54) is 0 Å². The summed E-state index contributed by atoms with van der Waals surface area (Å²) in [5.74, 6) is 1.47. The van der Waals surface area contributed by atoms with Crippen molar-refractivity contribution in [2.45, 2.75) is 32.9 Å². The second kappa shape index (κ2) is 10.9. The van der Waals surface area contributed by atoms with Gasteiger partial charge in [-0.2, -0.15) is 0 Å². The zero-order valence-electron chi connectivity index (χ0n) is 18.1. The Labute approximate surface area is 189 Å². The first-order valence-electron chi connectivity index (χ1n) is 10.4. The SMILES string of the molecule is COc1ccc([C@@H](CC(C)C)NC(=O)c2cc(Cl)ccc2OCc2ccccc2)cc1. The molecule has 162 valence electrons.